The van der Waals surface area contributed by atoms with Crippen LogP contribution in [0.2, 0.25) is 0 Å². The van der Waals surface area contributed by atoms with Crippen molar-refractivity contribution in [3.05, 3.63) is 40.5 Å². The van der Waals surface area contributed by atoms with Crippen LogP contribution >= 0.6 is 11.3 Å². The van der Waals surface area contributed by atoms with E-state index in [1.807, 2.05) is 13.0 Å². The lowest BCUT2D eigenvalue weighted by atomic mass is 10.00. The Labute approximate surface area is 127 Å². The van der Waals surface area contributed by atoms with E-state index in [1.54, 1.807) is 13.0 Å². The third kappa shape index (κ3) is 1.75. The average Bonchev–Trinajstić information content (AvgIpc) is 3.10. The molecule has 0 fully saturated rings. The van der Waals surface area contributed by atoms with E-state index in [9.17, 15) is 8.78 Å². The van der Waals surface area contributed by atoms with Crippen molar-refractivity contribution >= 4 is 32.6 Å². The SMILES string of the molecule is Cc1nc2ccc(-c3c(C)c(F)c(F)c4[nH]ncc34)nc2s1. The number of hydrogen-bond donors (Lipinski definition) is 1. The number of nitrogens with zero attached hydrogens (tertiary/aromatic N) is 3. The molecule has 7 heteroatoms. The Morgan fingerprint density at radius 3 is 2.73 bits per heavy atom. The molecule has 0 aliphatic rings. The molecular weight excluding hydrogens is 306 g/mol. The fourth-order valence-corrected chi connectivity index (χ4v) is 3.41. The zero-order chi connectivity index (χ0) is 15.4. The number of fused-ring (bicyclic) bond motifs is 2. The number of aromatic amines is 1. The Bertz CT molecular complexity index is 1040. The van der Waals surface area contributed by atoms with Crippen LogP contribution in [-0.2, 0) is 0 Å². The number of rotatable bonds is 1. The van der Waals surface area contributed by atoms with Crippen LogP contribution in [0, 0.1) is 25.5 Å². The molecule has 110 valence electrons. The van der Waals surface area contributed by atoms with E-state index in [4.69, 9.17) is 0 Å². The monoisotopic (exact) mass is 316 g/mol. The summed E-state index contributed by atoms with van der Waals surface area (Å²) < 4.78 is 28.1. The zero-order valence-corrected chi connectivity index (χ0v) is 12.6. The molecule has 3 heterocycles. The third-order valence-electron chi connectivity index (χ3n) is 3.64. The molecule has 4 nitrogen and oxygen atoms in total. The molecular formula is C15H10F2N4S. The molecule has 1 N–H and O–H groups in total. The number of aryl methyl sites for hydroxylation is 1. The van der Waals surface area contributed by atoms with Crippen LogP contribution in [0.15, 0.2) is 18.3 Å². The molecule has 4 rings (SSSR count). The first-order valence-corrected chi connectivity index (χ1v) is 7.43. The molecule has 4 aromatic rings. The van der Waals surface area contributed by atoms with E-state index < -0.39 is 11.6 Å². The molecule has 0 amide bonds. The highest BCUT2D eigenvalue weighted by Crippen LogP contribution is 2.35. The normalized spacial score (nSPS) is 11.6. The minimum atomic E-state index is -0.913. The van der Waals surface area contributed by atoms with E-state index in [2.05, 4.69) is 20.2 Å². The fourth-order valence-electron chi connectivity index (χ4n) is 2.62. The molecule has 0 bridgehead atoms. The summed E-state index contributed by atoms with van der Waals surface area (Å²) in [5.74, 6) is -1.79. The minimum absolute atomic E-state index is 0.0560. The van der Waals surface area contributed by atoms with Gasteiger partial charge in [0.2, 0.25) is 0 Å². The maximum absolute atomic E-state index is 14.1. The van der Waals surface area contributed by atoms with Crippen molar-refractivity contribution in [2.24, 2.45) is 0 Å². The number of benzene rings is 1. The number of halogens is 2. The maximum atomic E-state index is 14.1. The molecule has 0 aliphatic carbocycles. The number of hydrogen-bond acceptors (Lipinski definition) is 4. The number of pyridine rings is 1. The van der Waals surface area contributed by atoms with Crippen molar-refractivity contribution in [3.63, 3.8) is 0 Å². The van der Waals surface area contributed by atoms with Crippen molar-refractivity contribution in [1.82, 2.24) is 20.2 Å². The quantitative estimate of drug-likeness (QED) is 0.574. The highest BCUT2D eigenvalue weighted by molar-refractivity contribution is 7.18. The van der Waals surface area contributed by atoms with Gasteiger partial charge in [-0.25, -0.2) is 18.7 Å². The first-order chi connectivity index (χ1) is 10.6. The van der Waals surface area contributed by atoms with Crippen molar-refractivity contribution in [2.45, 2.75) is 13.8 Å². The smallest absolute Gasteiger partial charge is 0.184 e. The summed E-state index contributed by atoms with van der Waals surface area (Å²) in [7, 11) is 0. The lowest BCUT2D eigenvalue weighted by Gasteiger charge is -2.09. The topological polar surface area (TPSA) is 54.5 Å². The van der Waals surface area contributed by atoms with Crippen molar-refractivity contribution < 1.29 is 8.78 Å². The summed E-state index contributed by atoms with van der Waals surface area (Å²) in [5, 5.41) is 7.76. The summed E-state index contributed by atoms with van der Waals surface area (Å²) in [6, 6.07) is 3.61. The third-order valence-corrected chi connectivity index (χ3v) is 4.52. The Morgan fingerprint density at radius 1 is 1.09 bits per heavy atom. The summed E-state index contributed by atoms with van der Waals surface area (Å²) in [5.41, 5.74) is 2.21. The van der Waals surface area contributed by atoms with Gasteiger partial charge in [-0.05, 0) is 31.5 Å². The number of thiazole rings is 1. The van der Waals surface area contributed by atoms with Crippen LogP contribution in [0.4, 0.5) is 8.78 Å². The van der Waals surface area contributed by atoms with Crippen LogP contribution in [-0.4, -0.2) is 20.2 Å². The second kappa shape index (κ2) is 4.54. The van der Waals surface area contributed by atoms with E-state index >= 15 is 0 Å². The predicted molar refractivity (Wildman–Crippen MR) is 81.9 cm³/mol. The highest BCUT2D eigenvalue weighted by Gasteiger charge is 2.20. The molecule has 0 saturated carbocycles. The zero-order valence-electron chi connectivity index (χ0n) is 11.7. The van der Waals surface area contributed by atoms with Gasteiger partial charge in [0.05, 0.1) is 16.9 Å². The van der Waals surface area contributed by atoms with Crippen LogP contribution in [0.1, 0.15) is 10.6 Å². The average molecular weight is 316 g/mol. The van der Waals surface area contributed by atoms with E-state index in [-0.39, 0.29) is 11.1 Å². The Hall–Kier alpha value is -2.41. The van der Waals surface area contributed by atoms with Gasteiger partial charge in [-0.2, -0.15) is 5.10 Å². The highest BCUT2D eigenvalue weighted by atomic mass is 32.1. The Balaban J connectivity index is 2.09. The van der Waals surface area contributed by atoms with E-state index in [1.165, 1.54) is 17.5 Å². The van der Waals surface area contributed by atoms with Crippen LogP contribution < -0.4 is 0 Å². The summed E-state index contributed by atoms with van der Waals surface area (Å²) in [6.45, 7) is 3.45. The molecule has 0 unspecified atom stereocenters. The van der Waals surface area contributed by atoms with Gasteiger partial charge < -0.3 is 0 Å². The van der Waals surface area contributed by atoms with Gasteiger partial charge in [0.15, 0.2) is 11.6 Å². The maximum Gasteiger partial charge on any atom is 0.184 e. The second-order valence-electron chi connectivity index (χ2n) is 5.04. The molecule has 0 radical (unpaired) electrons. The molecule has 22 heavy (non-hydrogen) atoms. The Morgan fingerprint density at radius 2 is 1.91 bits per heavy atom. The predicted octanol–water partition coefficient (Wildman–Crippen LogP) is 4.13. The first kappa shape index (κ1) is 13.3. The number of nitrogens with one attached hydrogen (secondary N) is 1. The largest absolute Gasteiger partial charge is 0.275 e. The fraction of sp³-hybridized carbons (Fsp3) is 0.133. The molecule has 0 aliphatic heterocycles. The van der Waals surface area contributed by atoms with Gasteiger partial charge in [-0.1, -0.05) is 11.3 Å². The van der Waals surface area contributed by atoms with E-state index in [0.717, 1.165) is 15.4 Å². The van der Waals surface area contributed by atoms with Crippen LogP contribution in [0.5, 0.6) is 0 Å². The first-order valence-electron chi connectivity index (χ1n) is 6.61. The van der Waals surface area contributed by atoms with E-state index in [0.29, 0.717) is 16.6 Å². The standard InChI is InChI=1S/C15H10F2N4S/c1-6-11(8-5-18-21-14(8)13(17)12(6)16)9-3-4-10-15(20-9)22-7(2)19-10/h3-5H,1-2H3,(H,18,21). The lowest BCUT2D eigenvalue weighted by molar-refractivity contribution is 0.510. The summed E-state index contributed by atoms with van der Waals surface area (Å²) in [4.78, 5) is 9.68. The van der Waals surface area contributed by atoms with Gasteiger partial charge >= 0.3 is 0 Å². The second-order valence-corrected chi connectivity index (χ2v) is 6.22. The molecule has 0 atom stereocenters. The van der Waals surface area contributed by atoms with Gasteiger partial charge in [-0.3, -0.25) is 5.10 Å². The number of H-pyrrole nitrogens is 1. The molecule has 3 aromatic heterocycles. The van der Waals surface area contributed by atoms with Crippen LogP contribution in [0.25, 0.3) is 32.5 Å². The molecule has 0 spiro atoms. The van der Waals surface area contributed by atoms with Crippen LogP contribution in [0.3, 0.4) is 0 Å². The van der Waals surface area contributed by atoms with Crippen molar-refractivity contribution in [2.75, 3.05) is 0 Å². The van der Waals surface area contributed by atoms with Crippen molar-refractivity contribution in [3.8, 4) is 11.3 Å². The van der Waals surface area contributed by atoms with Crippen molar-refractivity contribution in [1.29, 1.82) is 0 Å². The van der Waals surface area contributed by atoms with Gasteiger partial charge in [-0.15, -0.1) is 0 Å². The minimum Gasteiger partial charge on any atom is -0.275 e. The number of aromatic nitrogens is 4. The summed E-state index contributed by atoms with van der Waals surface area (Å²) >= 11 is 1.47. The van der Waals surface area contributed by atoms with Gasteiger partial charge in [0.25, 0.3) is 0 Å². The Kier molecular flexibility index (Phi) is 2.74. The molecule has 1 aromatic carbocycles. The molecule has 0 saturated heterocycles. The van der Waals surface area contributed by atoms with Gasteiger partial charge in [0, 0.05) is 10.9 Å². The van der Waals surface area contributed by atoms with Gasteiger partial charge in [0.1, 0.15) is 15.9 Å². The summed E-state index contributed by atoms with van der Waals surface area (Å²) in [6.07, 6.45) is 1.49. The lowest BCUT2D eigenvalue weighted by Crippen LogP contribution is -1.96.